The van der Waals surface area contributed by atoms with Crippen molar-refractivity contribution in [3.8, 4) is 0 Å². The molecule has 1 saturated heterocycles. The Balaban J connectivity index is 0.000000481. The van der Waals surface area contributed by atoms with Crippen molar-refractivity contribution in [1.29, 1.82) is 0 Å². The van der Waals surface area contributed by atoms with E-state index in [0.29, 0.717) is 0 Å². The Morgan fingerprint density at radius 1 is 1.19 bits per heavy atom. The minimum atomic E-state index is -1.79. The number of hydrogen-bond donors (Lipinski definition) is 2. The fraction of sp³-hybridized carbons (Fsp3) is 0.833. The second kappa shape index (κ2) is 16.4. The molecule has 3 unspecified atom stereocenters. The Morgan fingerprint density at radius 2 is 1.65 bits per heavy atom. The Morgan fingerprint density at radius 3 is 1.92 bits per heavy atom. The lowest BCUT2D eigenvalue weighted by Gasteiger charge is -2.35. The van der Waals surface area contributed by atoms with Gasteiger partial charge in [-0.2, -0.15) is 0 Å². The van der Waals surface area contributed by atoms with E-state index in [1.807, 2.05) is 0 Å². The Kier molecular flexibility index (Phi) is 15.9. The highest BCUT2D eigenvalue weighted by atomic mass is 28.3. The number of esters is 1. The normalized spacial score (nSPS) is 18.3. The lowest BCUT2D eigenvalue weighted by molar-refractivity contribution is -0.152. The fourth-order valence-electron chi connectivity index (χ4n) is 2.08. The van der Waals surface area contributed by atoms with Crippen LogP contribution in [-0.4, -0.2) is 65.2 Å². The fourth-order valence-corrected chi connectivity index (χ4v) is 3.65. The molecular formula is C18H37NO6Si. The van der Waals surface area contributed by atoms with Gasteiger partial charge in [0, 0.05) is 31.9 Å². The topological polar surface area (TPSA) is 86.3 Å². The summed E-state index contributed by atoms with van der Waals surface area (Å²) in [6, 6.07) is 0.0869. The quantitative estimate of drug-likeness (QED) is 0.281. The summed E-state index contributed by atoms with van der Waals surface area (Å²) in [4.78, 5) is 10.9. The van der Waals surface area contributed by atoms with Gasteiger partial charge in [-0.3, -0.25) is 0 Å². The molecule has 26 heavy (non-hydrogen) atoms. The highest BCUT2D eigenvalue weighted by Gasteiger charge is 2.32. The van der Waals surface area contributed by atoms with E-state index in [9.17, 15) is 9.90 Å². The number of carbonyl (C=O) groups excluding carboxylic acids is 1. The van der Waals surface area contributed by atoms with Crippen LogP contribution in [0.4, 0.5) is 0 Å². The van der Waals surface area contributed by atoms with Gasteiger partial charge in [0.15, 0.2) is 0 Å². The molecule has 0 aromatic carbocycles. The van der Waals surface area contributed by atoms with Gasteiger partial charge in [0.1, 0.15) is 6.10 Å². The summed E-state index contributed by atoms with van der Waals surface area (Å²) >= 11 is 0. The van der Waals surface area contributed by atoms with Gasteiger partial charge in [0.25, 0.3) is 0 Å². The third-order valence-electron chi connectivity index (χ3n) is 3.53. The maximum atomic E-state index is 10.9. The van der Waals surface area contributed by atoms with E-state index in [-0.39, 0.29) is 6.04 Å². The number of nitrogens with one attached hydrogen (secondary N) is 1. The molecular weight excluding hydrogens is 354 g/mol. The number of aliphatic hydroxyl groups excluding tert-OH is 1. The highest BCUT2D eigenvalue weighted by molar-refractivity contribution is 6.36. The van der Waals surface area contributed by atoms with Crippen molar-refractivity contribution in [3.05, 3.63) is 12.7 Å². The van der Waals surface area contributed by atoms with E-state index in [4.69, 9.17) is 18.0 Å². The largest absolute Gasteiger partial charge is 0.484 e. The van der Waals surface area contributed by atoms with E-state index in [1.165, 1.54) is 0 Å². The molecule has 8 heteroatoms. The van der Waals surface area contributed by atoms with Crippen molar-refractivity contribution < 1.29 is 27.9 Å². The molecule has 2 N–H and O–H groups in total. The predicted molar refractivity (Wildman–Crippen MR) is 104 cm³/mol. The van der Waals surface area contributed by atoms with Gasteiger partial charge in [-0.05, 0) is 39.2 Å². The summed E-state index contributed by atoms with van der Waals surface area (Å²) < 4.78 is 21.5. The van der Waals surface area contributed by atoms with E-state index in [0.717, 1.165) is 58.1 Å². The molecule has 0 radical (unpaired) electrons. The summed E-state index contributed by atoms with van der Waals surface area (Å²) in [6.07, 6.45) is 3.99. The second-order valence-electron chi connectivity index (χ2n) is 6.10. The summed E-state index contributed by atoms with van der Waals surface area (Å²) in [5, 5.41) is 12.4. The van der Waals surface area contributed by atoms with Gasteiger partial charge in [-0.1, -0.05) is 27.4 Å². The monoisotopic (exact) mass is 391 g/mol. The van der Waals surface area contributed by atoms with Crippen molar-refractivity contribution in [2.75, 3.05) is 26.4 Å². The van der Waals surface area contributed by atoms with E-state index in [2.05, 4.69) is 32.7 Å². The second-order valence-corrected chi connectivity index (χ2v) is 7.67. The van der Waals surface area contributed by atoms with Crippen molar-refractivity contribution in [2.24, 2.45) is 0 Å². The summed E-state index contributed by atoms with van der Waals surface area (Å²) in [5.41, 5.74) is 0. The third-order valence-corrected chi connectivity index (χ3v) is 5.05. The smallest absolute Gasteiger partial charge is 0.455 e. The van der Waals surface area contributed by atoms with Gasteiger partial charge in [0.05, 0.1) is 6.10 Å². The molecule has 0 amide bonds. The van der Waals surface area contributed by atoms with Gasteiger partial charge < -0.3 is 28.4 Å². The van der Waals surface area contributed by atoms with Crippen LogP contribution in [0.3, 0.4) is 0 Å². The van der Waals surface area contributed by atoms with E-state index >= 15 is 0 Å². The minimum Gasteiger partial charge on any atom is -0.455 e. The first-order valence-corrected chi connectivity index (χ1v) is 11.0. The molecule has 1 aliphatic rings. The third kappa shape index (κ3) is 11.8. The lowest BCUT2D eigenvalue weighted by Crippen LogP contribution is -2.55. The molecule has 0 saturated carbocycles. The van der Waals surface area contributed by atoms with Crippen molar-refractivity contribution in [1.82, 2.24) is 5.32 Å². The molecule has 1 rings (SSSR count). The Bertz CT molecular complexity index is 347. The van der Waals surface area contributed by atoms with Crippen LogP contribution in [0.2, 0.25) is 0 Å². The number of carbonyl (C=O) groups is 1. The molecule has 0 bridgehead atoms. The average molecular weight is 392 g/mol. The molecule has 0 aromatic heterocycles. The van der Waals surface area contributed by atoms with Gasteiger partial charge >= 0.3 is 15.5 Å². The average Bonchev–Trinajstić information content (AvgIpc) is 2.59. The number of rotatable bonds is 13. The lowest BCUT2D eigenvalue weighted by atomic mass is 9.97. The first-order chi connectivity index (χ1) is 12.5. The Hall–Kier alpha value is -0.773. The predicted octanol–water partition coefficient (Wildman–Crippen LogP) is 1.81. The molecule has 0 aromatic rings. The Labute approximate surface area is 160 Å². The number of ether oxygens (including phenoxy) is 1. The maximum absolute atomic E-state index is 10.9. The standard InChI is InChI=1S/C9H15NO3.C9H22O3Si/c1-3-8(12)13-9(6(2)11)7-4-5-10-7;1-4-7-10-13(11-8-5-2)12-9-6-3/h3,6-7,9-11H,1,4-5H2,2H3;13H,4-9H2,1-3H3. The molecule has 0 spiro atoms. The van der Waals surface area contributed by atoms with Gasteiger partial charge in [-0.15, -0.1) is 0 Å². The SMILES string of the molecule is C=CC(=O)OC(C(C)O)C1CCN1.CCCO[SiH](OCCC)OCCC. The van der Waals surface area contributed by atoms with E-state index in [1.54, 1.807) is 6.92 Å². The van der Waals surface area contributed by atoms with Crippen molar-refractivity contribution in [2.45, 2.75) is 71.6 Å². The molecule has 154 valence electrons. The molecule has 1 fully saturated rings. The summed E-state index contributed by atoms with van der Waals surface area (Å²) in [5.74, 6) is -0.486. The summed E-state index contributed by atoms with van der Waals surface area (Å²) in [7, 11) is -1.79. The first kappa shape index (κ1) is 25.2. The zero-order chi connectivity index (χ0) is 19.8. The van der Waals surface area contributed by atoms with Crippen LogP contribution < -0.4 is 5.32 Å². The van der Waals surface area contributed by atoms with Crippen LogP contribution >= 0.6 is 0 Å². The summed E-state index contributed by atoms with van der Waals surface area (Å²) in [6.45, 7) is 14.4. The van der Waals surface area contributed by atoms with Gasteiger partial charge in [-0.25, -0.2) is 4.79 Å². The molecule has 3 atom stereocenters. The maximum Gasteiger partial charge on any atom is 0.484 e. The van der Waals surface area contributed by atoms with Crippen LogP contribution in [0.15, 0.2) is 12.7 Å². The zero-order valence-corrected chi connectivity index (χ0v) is 17.9. The minimum absolute atomic E-state index is 0.0869. The van der Waals surface area contributed by atoms with Crippen molar-refractivity contribution in [3.63, 3.8) is 0 Å². The molecule has 1 heterocycles. The van der Waals surface area contributed by atoms with E-state index < -0.39 is 27.7 Å². The van der Waals surface area contributed by atoms with Crippen LogP contribution in [-0.2, 0) is 22.8 Å². The van der Waals surface area contributed by atoms with Crippen LogP contribution in [0.1, 0.15) is 53.4 Å². The number of aliphatic hydroxyl groups is 1. The van der Waals surface area contributed by atoms with Gasteiger partial charge in [0.2, 0.25) is 0 Å². The van der Waals surface area contributed by atoms with Crippen molar-refractivity contribution >= 4 is 15.5 Å². The van der Waals surface area contributed by atoms with Crippen LogP contribution in [0.25, 0.3) is 0 Å². The number of hydrogen-bond acceptors (Lipinski definition) is 7. The molecule has 7 nitrogen and oxygen atoms in total. The molecule has 1 aliphatic heterocycles. The van der Waals surface area contributed by atoms with Crippen LogP contribution in [0, 0.1) is 0 Å². The molecule has 0 aliphatic carbocycles. The van der Waals surface area contributed by atoms with Crippen LogP contribution in [0.5, 0.6) is 0 Å². The zero-order valence-electron chi connectivity index (χ0n) is 16.7. The first-order valence-electron chi connectivity index (χ1n) is 9.59. The highest BCUT2D eigenvalue weighted by Crippen LogP contribution is 2.14.